The maximum Gasteiger partial charge on any atom is 0.263 e. The average molecular weight is 258 g/mol. The van der Waals surface area contributed by atoms with Crippen LogP contribution >= 0.6 is 11.3 Å². The van der Waals surface area contributed by atoms with Crippen LogP contribution in [0.2, 0.25) is 0 Å². The quantitative estimate of drug-likeness (QED) is 0.807. The van der Waals surface area contributed by atoms with Gasteiger partial charge in [0, 0.05) is 17.1 Å². The van der Waals surface area contributed by atoms with Crippen LogP contribution in [0.4, 0.5) is 5.69 Å². The van der Waals surface area contributed by atoms with Crippen LogP contribution in [-0.2, 0) is 4.79 Å². The summed E-state index contributed by atoms with van der Waals surface area (Å²) < 4.78 is 0. The van der Waals surface area contributed by atoms with Crippen LogP contribution in [-0.4, -0.2) is 22.8 Å². The standard InChI is InChI=1S/C12H10N4OS/c13-10-11(17)15-8-4-2-1-3-7(8)9(16-10)12-14-5-6-18-12/h1-6,10H,13H2,(H,15,17). The molecule has 2 heterocycles. The summed E-state index contributed by atoms with van der Waals surface area (Å²) in [6.45, 7) is 0. The predicted molar refractivity (Wildman–Crippen MR) is 70.8 cm³/mol. The fourth-order valence-electron chi connectivity index (χ4n) is 1.78. The number of hydrogen-bond acceptors (Lipinski definition) is 5. The Kier molecular flexibility index (Phi) is 2.66. The monoisotopic (exact) mass is 258 g/mol. The first kappa shape index (κ1) is 11.1. The molecule has 90 valence electrons. The molecule has 18 heavy (non-hydrogen) atoms. The van der Waals surface area contributed by atoms with E-state index in [-0.39, 0.29) is 5.91 Å². The minimum Gasteiger partial charge on any atom is -0.322 e. The SMILES string of the molecule is NC1N=C(c2nccs2)c2ccccc2NC1=O. The van der Waals surface area contributed by atoms with E-state index in [0.717, 1.165) is 10.6 Å². The van der Waals surface area contributed by atoms with Crippen molar-refractivity contribution in [2.75, 3.05) is 5.32 Å². The van der Waals surface area contributed by atoms with Gasteiger partial charge in [0.2, 0.25) is 0 Å². The Labute approximate surface area is 107 Å². The van der Waals surface area contributed by atoms with E-state index >= 15 is 0 Å². The third kappa shape index (κ3) is 1.81. The number of benzene rings is 1. The molecule has 1 aromatic carbocycles. The van der Waals surface area contributed by atoms with Gasteiger partial charge in [-0.15, -0.1) is 11.3 Å². The topological polar surface area (TPSA) is 80.4 Å². The lowest BCUT2D eigenvalue weighted by Gasteiger charge is -2.06. The summed E-state index contributed by atoms with van der Waals surface area (Å²) in [6.07, 6.45) is 0.799. The smallest absolute Gasteiger partial charge is 0.263 e. The normalized spacial score (nSPS) is 18.6. The van der Waals surface area contributed by atoms with Gasteiger partial charge in [-0.2, -0.15) is 0 Å². The Bertz CT molecular complexity index is 621. The minimum atomic E-state index is -0.906. The van der Waals surface area contributed by atoms with E-state index in [1.807, 2.05) is 29.6 Å². The summed E-state index contributed by atoms with van der Waals surface area (Å²) >= 11 is 1.47. The van der Waals surface area contributed by atoms with Gasteiger partial charge in [-0.25, -0.2) is 4.98 Å². The number of rotatable bonds is 1. The van der Waals surface area contributed by atoms with Crippen LogP contribution in [0.15, 0.2) is 40.8 Å². The molecule has 0 radical (unpaired) electrons. The van der Waals surface area contributed by atoms with E-state index in [4.69, 9.17) is 5.73 Å². The predicted octanol–water partition coefficient (Wildman–Crippen LogP) is 1.22. The van der Waals surface area contributed by atoms with Crippen LogP contribution in [0.1, 0.15) is 10.6 Å². The molecule has 1 atom stereocenters. The number of nitrogens with one attached hydrogen (secondary N) is 1. The molecule has 1 unspecified atom stereocenters. The summed E-state index contributed by atoms with van der Waals surface area (Å²) in [6, 6.07) is 7.47. The number of para-hydroxylation sites is 1. The van der Waals surface area contributed by atoms with E-state index in [9.17, 15) is 4.79 Å². The van der Waals surface area contributed by atoms with Gasteiger partial charge in [0.1, 0.15) is 10.7 Å². The average Bonchev–Trinajstić information content (AvgIpc) is 2.86. The molecule has 3 N–H and O–H groups in total. The minimum absolute atomic E-state index is 0.311. The number of nitrogens with two attached hydrogens (primary N) is 1. The second kappa shape index (κ2) is 4.32. The second-order valence-electron chi connectivity index (χ2n) is 3.79. The van der Waals surface area contributed by atoms with E-state index in [2.05, 4.69) is 15.3 Å². The largest absolute Gasteiger partial charge is 0.322 e. The van der Waals surface area contributed by atoms with Crippen molar-refractivity contribution in [2.45, 2.75) is 6.17 Å². The van der Waals surface area contributed by atoms with Crippen molar-refractivity contribution < 1.29 is 4.79 Å². The van der Waals surface area contributed by atoms with Crippen LogP contribution in [0, 0.1) is 0 Å². The molecule has 0 spiro atoms. The molecule has 0 saturated carbocycles. The van der Waals surface area contributed by atoms with Gasteiger partial charge in [0.05, 0.1) is 5.69 Å². The zero-order valence-corrected chi connectivity index (χ0v) is 10.1. The number of fused-ring (bicyclic) bond motifs is 1. The summed E-state index contributed by atoms with van der Waals surface area (Å²) in [5.41, 5.74) is 7.94. The Hall–Kier alpha value is -2.05. The molecular weight excluding hydrogens is 248 g/mol. The highest BCUT2D eigenvalue weighted by atomic mass is 32.1. The summed E-state index contributed by atoms with van der Waals surface area (Å²) in [7, 11) is 0. The zero-order chi connectivity index (χ0) is 12.5. The molecule has 1 amide bonds. The lowest BCUT2D eigenvalue weighted by molar-refractivity contribution is -0.117. The molecule has 2 aromatic rings. The molecule has 1 aliphatic heterocycles. The van der Waals surface area contributed by atoms with Gasteiger partial charge in [0.25, 0.3) is 5.91 Å². The summed E-state index contributed by atoms with van der Waals surface area (Å²) in [5, 5.41) is 5.39. The highest BCUT2D eigenvalue weighted by molar-refractivity contribution is 7.11. The summed E-state index contributed by atoms with van der Waals surface area (Å²) in [4.78, 5) is 20.2. The molecule has 1 aliphatic rings. The van der Waals surface area contributed by atoms with Crippen molar-refractivity contribution in [3.8, 4) is 0 Å². The molecule has 5 nitrogen and oxygen atoms in total. The molecule has 0 fully saturated rings. The molecule has 0 saturated heterocycles. The first-order valence-electron chi connectivity index (χ1n) is 5.39. The number of benzodiazepines with no additional fused rings is 1. The number of thiazole rings is 1. The Balaban J connectivity index is 2.21. The molecule has 6 heteroatoms. The fourth-order valence-corrected chi connectivity index (χ4v) is 2.43. The van der Waals surface area contributed by atoms with Crippen LogP contribution in [0.25, 0.3) is 0 Å². The van der Waals surface area contributed by atoms with Gasteiger partial charge in [0.15, 0.2) is 6.17 Å². The van der Waals surface area contributed by atoms with Crippen molar-refractivity contribution >= 4 is 28.6 Å². The number of amides is 1. The Morgan fingerprint density at radius 1 is 1.33 bits per heavy atom. The highest BCUT2D eigenvalue weighted by Gasteiger charge is 2.23. The fraction of sp³-hybridized carbons (Fsp3) is 0.0833. The van der Waals surface area contributed by atoms with Gasteiger partial charge in [-0.05, 0) is 6.07 Å². The number of nitrogens with zero attached hydrogens (tertiary/aromatic N) is 2. The van der Waals surface area contributed by atoms with E-state index in [1.165, 1.54) is 11.3 Å². The van der Waals surface area contributed by atoms with Gasteiger partial charge >= 0.3 is 0 Å². The van der Waals surface area contributed by atoms with E-state index < -0.39 is 6.17 Å². The van der Waals surface area contributed by atoms with Gasteiger partial charge in [-0.1, -0.05) is 18.2 Å². The molecule has 3 rings (SSSR count). The number of aromatic nitrogens is 1. The van der Waals surface area contributed by atoms with Crippen LogP contribution in [0.3, 0.4) is 0 Å². The third-order valence-corrected chi connectivity index (χ3v) is 3.39. The maximum atomic E-state index is 11.7. The lowest BCUT2D eigenvalue weighted by atomic mass is 10.1. The maximum absolute atomic E-state index is 11.7. The Morgan fingerprint density at radius 2 is 2.17 bits per heavy atom. The summed E-state index contributed by atoms with van der Waals surface area (Å²) in [5.74, 6) is -0.311. The Morgan fingerprint density at radius 3 is 2.94 bits per heavy atom. The number of anilines is 1. The van der Waals surface area contributed by atoms with Crippen molar-refractivity contribution in [1.29, 1.82) is 0 Å². The van der Waals surface area contributed by atoms with E-state index in [0.29, 0.717) is 11.4 Å². The van der Waals surface area contributed by atoms with Crippen LogP contribution in [0.5, 0.6) is 0 Å². The first-order valence-corrected chi connectivity index (χ1v) is 6.27. The van der Waals surface area contributed by atoms with E-state index in [1.54, 1.807) is 6.20 Å². The number of hydrogen-bond donors (Lipinski definition) is 2. The third-order valence-electron chi connectivity index (χ3n) is 2.61. The van der Waals surface area contributed by atoms with Crippen molar-refractivity contribution in [3.05, 3.63) is 46.4 Å². The number of aliphatic imine (C=N–C) groups is 1. The van der Waals surface area contributed by atoms with Crippen molar-refractivity contribution in [1.82, 2.24) is 4.98 Å². The second-order valence-corrected chi connectivity index (χ2v) is 4.69. The van der Waals surface area contributed by atoms with Gasteiger partial charge < -0.3 is 11.1 Å². The molecule has 1 aromatic heterocycles. The number of carbonyl (C=O) groups excluding carboxylic acids is 1. The number of carbonyl (C=O) groups is 1. The molecular formula is C12H10N4OS. The molecule has 0 bridgehead atoms. The van der Waals surface area contributed by atoms with Crippen molar-refractivity contribution in [2.24, 2.45) is 10.7 Å². The van der Waals surface area contributed by atoms with Crippen LogP contribution < -0.4 is 11.1 Å². The first-order chi connectivity index (χ1) is 8.75. The lowest BCUT2D eigenvalue weighted by Crippen LogP contribution is -2.33. The van der Waals surface area contributed by atoms with Gasteiger partial charge in [-0.3, -0.25) is 9.79 Å². The molecule has 0 aliphatic carbocycles. The highest BCUT2D eigenvalue weighted by Crippen LogP contribution is 2.23. The zero-order valence-electron chi connectivity index (χ0n) is 9.33. The van der Waals surface area contributed by atoms with Crippen molar-refractivity contribution in [3.63, 3.8) is 0 Å².